The first-order valence-electron chi connectivity index (χ1n) is 7.32. The molecule has 1 atom stereocenters. The van der Waals surface area contributed by atoms with E-state index >= 15 is 0 Å². The molecule has 0 saturated carbocycles. The predicted octanol–water partition coefficient (Wildman–Crippen LogP) is 5.78. The lowest BCUT2D eigenvalue weighted by Gasteiger charge is -2.15. The van der Waals surface area contributed by atoms with Crippen molar-refractivity contribution in [3.05, 3.63) is 81.8 Å². The van der Waals surface area contributed by atoms with E-state index in [-0.39, 0.29) is 6.04 Å². The van der Waals surface area contributed by atoms with Crippen LogP contribution in [0, 0.1) is 0 Å². The number of rotatable bonds is 4. The van der Waals surface area contributed by atoms with Gasteiger partial charge in [0.25, 0.3) is 0 Å². The van der Waals surface area contributed by atoms with E-state index in [9.17, 15) is 0 Å². The molecule has 0 amide bonds. The molecule has 3 heteroatoms. The molecule has 0 heterocycles. The Kier molecular flexibility index (Phi) is 4.68. The number of hydrogen-bond donors (Lipinski definition) is 1. The molecule has 0 aliphatic heterocycles. The van der Waals surface area contributed by atoms with Gasteiger partial charge in [-0.3, -0.25) is 0 Å². The van der Waals surface area contributed by atoms with Crippen molar-refractivity contribution in [3.8, 4) is 0 Å². The van der Waals surface area contributed by atoms with E-state index in [1.807, 2.05) is 18.2 Å². The first-order chi connectivity index (χ1) is 10.6. The van der Waals surface area contributed by atoms with Crippen LogP contribution in [0.25, 0.3) is 10.8 Å². The zero-order chi connectivity index (χ0) is 15.5. The fourth-order valence-corrected chi connectivity index (χ4v) is 3.27. The fourth-order valence-electron chi connectivity index (χ4n) is 2.76. The molecule has 1 unspecified atom stereocenters. The number of benzene rings is 3. The largest absolute Gasteiger partial charge is 0.324 e. The van der Waals surface area contributed by atoms with Crippen LogP contribution < -0.4 is 5.73 Å². The molecule has 3 rings (SSSR count). The third kappa shape index (κ3) is 3.27. The minimum atomic E-state index is -0.0159. The zero-order valence-corrected chi connectivity index (χ0v) is 13.6. The van der Waals surface area contributed by atoms with E-state index in [1.54, 1.807) is 6.07 Å². The van der Waals surface area contributed by atoms with Gasteiger partial charge in [-0.05, 0) is 46.9 Å². The third-order valence-electron chi connectivity index (χ3n) is 3.96. The van der Waals surface area contributed by atoms with Gasteiger partial charge in [0.15, 0.2) is 0 Å². The second-order valence-corrected chi connectivity index (χ2v) is 6.29. The third-order valence-corrected chi connectivity index (χ3v) is 4.55. The summed E-state index contributed by atoms with van der Waals surface area (Å²) in [6, 6.07) is 20.2. The Morgan fingerprint density at radius 3 is 2.50 bits per heavy atom. The van der Waals surface area contributed by atoms with Crippen molar-refractivity contribution in [3.63, 3.8) is 0 Å². The van der Waals surface area contributed by atoms with Crippen molar-refractivity contribution in [1.82, 2.24) is 0 Å². The van der Waals surface area contributed by atoms with Crippen molar-refractivity contribution in [2.75, 3.05) is 0 Å². The lowest BCUT2D eigenvalue weighted by Crippen LogP contribution is -2.12. The molecule has 0 fully saturated rings. The maximum atomic E-state index is 6.42. The van der Waals surface area contributed by atoms with Crippen LogP contribution in [0.3, 0.4) is 0 Å². The lowest BCUT2D eigenvalue weighted by molar-refractivity contribution is 0.656. The van der Waals surface area contributed by atoms with Gasteiger partial charge in [0.2, 0.25) is 0 Å². The highest BCUT2D eigenvalue weighted by atomic mass is 35.5. The average molecular weight is 330 g/mol. The maximum absolute atomic E-state index is 6.42. The van der Waals surface area contributed by atoms with Gasteiger partial charge >= 0.3 is 0 Å². The van der Waals surface area contributed by atoms with Crippen LogP contribution in [-0.4, -0.2) is 0 Å². The number of nitrogens with two attached hydrogens (primary N) is 1. The minimum Gasteiger partial charge on any atom is -0.324 e. The summed E-state index contributed by atoms with van der Waals surface area (Å²) < 4.78 is 0. The Labute approximate surface area is 140 Å². The summed E-state index contributed by atoms with van der Waals surface area (Å²) in [6.45, 7) is 0. The Morgan fingerprint density at radius 2 is 1.68 bits per heavy atom. The van der Waals surface area contributed by atoms with E-state index in [0.717, 1.165) is 18.4 Å². The quantitative estimate of drug-likeness (QED) is 0.645. The molecule has 0 aliphatic carbocycles. The molecular formula is C19H17Cl2N. The molecule has 1 nitrogen and oxygen atoms in total. The van der Waals surface area contributed by atoms with E-state index < -0.39 is 0 Å². The van der Waals surface area contributed by atoms with Gasteiger partial charge in [0, 0.05) is 16.1 Å². The zero-order valence-electron chi connectivity index (χ0n) is 12.1. The smallest absolute Gasteiger partial charge is 0.0452 e. The Morgan fingerprint density at radius 1 is 0.909 bits per heavy atom. The van der Waals surface area contributed by atoms with Crippen LogP contribution in [0.15, 0.2) is 60.7 Å². The van der Waals surface area contributed by atoms with Crippen LogP contribution >= 0.6 is 23.2 Å². The maximum Gasteiger partial charge on any atom is 0.0452 e. The number of aryl methyl sites for hydroxylation is 1. The van der Waals surface area contributed by atoms with Crippen LogP contribution in [0.5, 0.6) is 0 Å². The summed E-state index contributed by atoms with van der Waals surface area (Å²) in [5.41, 5.74) is 8.69. The number of halogens is 2. The Hall–Kier alpha value is -1.54. The van der Waals surface area contributed by atoms with Crippen molar-refractivity contribution in [2.24, 2.45) is 5.73 Å². The predicted molar refractivity (Wildman–Crippen MR) is 95.7 cm³/mol. The van der Waals surface area contributed by atoms with E-state index in [1.165, 1.54) is 16.3 Å². The summed E-state index contributed by atoms with van der Waals surface area (Å²) in [5, 5.41) is 3.81. The van der Waals surface area contributed by atoms with Crippen LogP contribution in [-0.2, 0) is 6.42 Å². The van der Waals surface area contributed by atoms with Gasteiger partial charge in [-0.15, -0.1) is 0 Å². The highest BCUT2D eigenvalue weighted by Crippen LogP contribution is 2.28. The molecule has 0 radical (unpaired) electrons. The van der Waals surface area contributed by atoms with Crippen molar-refractivity contribution >= 4 is 34.0 Å². The Bertz CT molecular complexity index is 793. The lowest BCUT2D eigenvalue weighted by atomic mass is 9.95. The molecule has 0 spiro atoms. The van der Waals surface area contributed by atoms with Crippen LogP contribution in [0.2, 0.25) is 10.0 Å². The Balaban J connectivity index is 1.80. The first kappa shape index (κ1) is 15.4. The number of fused-ring (bicyclic) bond motifs is 1. The topological polar surface area (TPSA) is 26.0 Å². The second kappa shape index (κ2) is 6.70. The molecule has 112 valence electrons. The summed E-state index contributed by atoms with van der Waals surface area (Å²) >= 11 is 12.2. The molecule has 2 N–H and O–H groups in total. The SMILES string of the molecule is NC(CCc1ccc(Cl)cc1Cl)c1cccc2ccccc12. The first-order valence-corrected chi connectivity index (χ1v) is 8.08. The second-order valence-electron chi connectivity index (χ2n) is 5.45. The van der Waals surface area contributed by atoms with Gasteiger partial charge < -0.3 is 5.73 Å². The summed E-state index contributed by atoms with van der Waals surface area (Å²) in [4.78, 5) is 0. The minimum absolute atomic E-state index is 0.0159. The highest BCUT2D eigenvalue weighted by molar-refractivity contribution is 6.35. The standard InChI is InChI=1S/C19H17Cl2N/c20-15-10-8-14(18(21)12-15)9-11-19(22)17-7-3-5-13-4-1-2-6-16(13)17/h1-8,10,12,19H,9,11,22H2. The van der Waals surface area contributed by atoms with E-state index in [4.69, 9.17) is 28.9 Å². The van der Waals surface area contributed by atoms with E-state index in [0.29, 0.717) is 10.0 Å². The van der Waals surface area contributed by atoms with Gasteiger partial charge in [0.05, 0.1) is 0 Å². The number of hydrogen-bond acceptors (Lipinski definition) is 1. The van der Waals surface area contributed by atoms with E-state index in [2.05, 4.69) is 36.4 Å². The molecule has 0 bridgehead atoms. The van der Waals surface area contributed by atoms with Crippen molar-refractivity contribution < 1.29 is 0 Å². The molecule has 0 saturated heterocycles. The summed E-state index contributed by atoms with van der Waals surface area (Å²) in [5.74, 6) is 0. The van der Waals surface area contributed by atoms with Crippen LogP contribution in [0.1, 0.15) is 23.6 Å². The van der Waals surface area contributed by atoms with Gasteiger partial charge in [0.1, 0.15) is 0 Å². The van der Waals surface area contributed by atoms with Crippen molar-refractivity contribution in [2.45, 2.75) is 18.9 Å². The monoisotopic (exact) mass is 329 g/mol. The summed E-state index contributed by atoms with van der Waals surface area (Å²) in [6.07, 6.45) is 1.68. The molecule has 0 aliphatic rings. The van der Waals surface area contributed by atoms with Crippen molar-refractivity contribution in [1.29, 1.82) is 0 Å². The fraction of sp³-hybridized carbons (Fsp3) is 0.158. The molecular weight excluding hydrogens is 313 g/mol. The molecule has 22 heavy (non-hydrogen) atoms. The highest BCUT2D eigenvalue weighted by Gasteiger charge is 2.11. The molecule has 0 aromatic heterocycles. The van der Waals surface area contributed by atoms with Crippen LogP contribution in [0.4, 0.5) is 0 Å². The molecule has 3 aromatic rings. The summed E-state index contributed by atoms with van der Waals surface area (Å²) in [7, 11) is 0. The average Bonchev–Trinajstić information content (AvgIpc) is 2.53. The van der Waals surface area contributed by atoms with Gasteiger partial charge in [-0.2, -0.15) is 0 Å². The molecule has 3 aromatic carbocycles. The normalized spacial score (nSPS) is 12.5. The van der Waals surface area contributed by atoms with Gasteiger partial charge in [-0.25, -0.2) is 0 Å². The van der Waals surface area contributed by atoms with Gasteiger partial charge in [-0.1, -0.05) is 71.7 Å².